The van der Waals surface area contributed by atoms with Crippen LogP contribution in [-0.4, -0.2) is 31.7 Å². The standard InChI is InChI=1S/C31H41F4NO3/c1-19-17-37-30(38-18-19)23-4-2-20(3-5-23)21-6-10-25(11-7-21)31(34,35)39-26-12-8-22(9-13-26)24-14-28(32)27(16-36)29(33)15-24/h14-15,19-23,25-26,30H,2-13,17-18H2,1H3. The number of nitrogens with zero attached hydrogens (tertiary/aromatic N) is 1. The van der Waals surface area contributed by atoms with E-state index in [1.54, 1.807) is 0 Å². The first kappa shape index (κ1) is 28.8. The van der Waals surface area contributed by atoms with E-state index >= 15 is 8.78 Å². The van der Waals surface area contributed by atoms with Gasteiger partial charge in [0, 0.05) is 11.8 Å². The summed E-state index contributed by atoms with van der Waals surface area (Å²) in [5.74, 6) is -0.605. The molecule has 0 radical (unpaired) electrons. The fourth-order valence-electron chi connectivity index (χ4n) is 7.47. The van der Waals surface area contributed by atoms with Crippen LogP contribution in [0.25, 0.3) is 0 Å². The lowest BCUT2D eigenvalue weighted by Gasteiger charge is -2.42. The molecule has 1 aliphatic heterocycles. The van der Waals surface area contributed by atoms with E-state index in [-0.39, 0.29) is 12.2 Å². The minimum absolute atomic E-state index is 0.0739. The molecule has 1 aromatic rings. The second-order valence-corrected chi connectivity index (χ2v) is 12.6. The zero-order chi connectivity index (χ0) is 27.6. The van der Waals surface area contributed by atoms with E-state index in [0.717, 1.165) is 51.7 Å². The van der Waals surface area contributed by atoms with Gasteiger partial charge in [0.2, 0.25) is 0 Å². The van der Waals surface area contributed by atoms with Crippen molar-refractivity contribution in [1.29, 1.82) is 5.26 Å². The third-order valence-corrected chi connectivity index (χ3v) is 9.85. The number of hydrogen-bond acceptors (Lipinski definition) is 4. The number of nitriles is 1. The zero-order valence-electron chi connectivity index (χ0n) is 22.9. The van der Waals surface area contributed by atoms with Crippen LogP contribution in [0, 0.1) is 52.6 Å². The minimum atomic E-state index is -3.15. The molecule has 1 saturated heterocycles. The summed E-state index contributed by atoms with van der Waals surface area (Å²) >= 11 is 0. The molecule has 0 aromatic heterocycles. The summed E-state index contributed by atoms with van der Waals surface area (Å²) in [6.45, 7) is 3.67. The Balaban J connectivity index is 1.05. The average Bonchev–Trinajstić information content (AvgIpc) is 2.94. The molecular weight excluding hydrogens is 510 g/mol. The monoisotopic (exact) mass is 551 g/mol. The fourth-order valence-corrected chi connectivity index (χ4v) is 7.47. The highest BCUT2D eigenvalue weighted by Crippen LogP contribution is 2.47. The normalized spacial score (nSPS) is 36.3. The molecule has 216 valence electrons. The highest BCUT2D eigenvalue weighted by Gasteiger charge is 2.46. The molecule has 0 spiro atoms. The Labute approximate surface area is 229 Å². The van der Waals surface area contributed by atoms with Crippen LogP contribution in [0.3, 0.4) is 0 Å². The van der Waals surface area contributed by atoms with Gasteiger partial charge in [-0.3, -0.25) is 0 Å². The van der Waals surface area contributed by atoms with Gasteiger partial charge >= 0.3 is 6.11 Å². The topological polar surface area (TPSA) is 51.5 Å². The third kappa shape index (κ3) is 6.80. The maximum absolute atomic E-state index is 15.2. The average molecular weight is 552 g/mol. The molecule has 5 rings (SSSR count). The number of benzene rings is 1. The Morgan fingerprint density at radius 2 is 1.31 bits per heavy atom. The Kier molecular flexibility index (Phi) is 9.20. The first-order valence-corrected chi connectivity index (χ1v) is 14.9. The first-order valence-electron chi connectivity index (χ1n) is 14.9. The van der Waals surface area contributed by atoms with Crippen LogP contribution >= 0.6 is 0 Å². The van der Waals surface area contributed by atoms with Gasteiger partial charge in [-0.05, 0) is 112 Å². The van der Waals surface area contributed by atoms with Gasteiger partial charge in [-0.1, -0.05) is 6.92 Å². The predicted octanol–water partition coefficient (Wildman–Crippen LogP) is 8.09. The molecule has 1 heterocycles. The maximum Gasteiger partial charge on any atom is 0.358 e. The summed E-state index contributed by atoms with van der Waals surface area (Å²) in [4.78, 5) is 0. The van der Waals surface area contributed by atoms with Crippen molar-refractivity contribution in [3.8, 4) is 6.07 Å². The maximum atomic E-state index is 15.2. The molecule has 0 N–H and O–H groups in total. The summed E-state index contributed by atoms with van der Waals surface area (Å²) in [7, 11) is 0. The van der Waals surface area contributed by atoms with Gasteiger partial charge in [0.15, 0.2) is 6.29 Å². The summed E-state index contributed by atoms with van der Waals surface area (Å²) in [5.41, 5.74) is -0.105. The van der Waals surface area contributed by atoms with Crippen molar-refractivity contribution in [3.05, 3.63) is 34.9 Å². The molecule has 0 amide bonds. The lowest BCUT2D eigenvalue weighted by atomic mass is 9.69. The lowest BCUT2D eigenvalue weighted by molar-refractivity contribution is -0.301. The summed E-state index contributed by atoms with van der Waals surface area (Å²) in [6.07, 6.45) is 5.19. The van der Waals surface area contributed by atoms with Gasteiger partial charge in [0.05, 0.1) is 25.2 Å². The largest absolute Gasteiger partial charge is 0.358 e. The van der Waals surface area contributed by atoms with Crippen LogP contribution < -0.4 is 0 Å². The molecule has 39 heavy (non-hydrogen) atoms. The van der Waals surface area contributed by atoms with Gasteiger partial charge in [0.1, 0.15) is 23.3 Å². The quantitative estimate of drug-likeness (QED) is 0.335. The highest BCUT2D eigenvalue weighted by atomic mass is 19.3. The Morgan fingerprint density at radius 3 is 1.85 bits per heavy atom. The second kappa shape index (κ2) is 12.4. The van der Waals surface area contributed by atoms with Crippen LogP contribution in [0.1, 0.15) is 101 Å². The van der Waals surface area contributed by atoms with E-state index in [2.05, 4.69) is 6.92 Å². The third-order valence-electron chi connectivity index (χ3n) is 9.85. The van der Waals surface area contributed by atoms with Crippen molar-refractivity contribution < 1.29 is 31.8 Å². The minimum Gasteiger partial charge on any atom is -0.352 e. The Bertz CT molecular complexity index is 975. The smallest absolute Gasteiger partial charge is 0.352 e. The molecular formula is C31H41F4NO3. The van der Waals surface area contributed by atoms with Crippen LogP contribution in [0.2, 0.25) is 0 Å². The van der Waals surface area contributed by atoms with Gasteiger partial charge in [-0.2, -0.15) is 14.0 Å². The van der Waals surface area contributed by atoms with E-state index in [0.29, 0.717) is 67.8 Å². The number of alkyl halides is 2. The fraction of sp³-hybridized carbons (Fsp3) is 0.774. The van der Waals surface area contributed by atoms with E-state index in [9.17, 15) is 8.78 Å². The molecule has 4 nitrogen and oxygen atoms in total. The van der Waals surface area contributed by atoms with Crippen molar-refractivity contribution in [1.82, 2.24) is 0 Å². The van der Waals surface area contributed by atoms with Crippen molar-refractivity contribution >= 4 is 0 Å². The number of hydrogen-bond donors (Lipinski definition) is 0. The molecule has 0 atom stereocenters. The predicted molar refractivity (Wildman–Crippen MR) is 138 cm³/mol. The molecule has 3 saturated carbocycles. The van der Waals surface area contributed by atoms with E-state index < -0.39 is 35.3 Å². The van der Waals surface area contributed by atoms with E-state index in [1.807, 2.05) is 0 Å². The molecule has 3 aliphatic carbocycles. The second-order valence-electron chi connectivity index (χ2n) is 12.6. The van der Waals surface area contributed by atoms with Gasteiger partial charge in [0.25, 0.3) is 0 Å². The van der Waals surface area contributed by atoms with Crippen molar-refractivity contribution in [3.63, 3.8) is 0 Å². The number of halogens is 4. The Morgan fingerprint density at radius 1 is 0.795 bits per heavy atom. The lowest BCUT2D eigenvalue weighted by Crippen LogP contribution is -2.40. The molecule has 0 bridgehead atoms. The van der Waals surface area contributed by atoms with Gasteiger partial charge in [-0.15, -0.1) is 0 Å². The number of ether oxygens (including phenoxy) is 3. The summed E-state index contributed by atoms with van der Waals surface area (Å²) in [6, 6.07) is 3.93. The van der Waals surface area contributed by atoms with Crippen LogP contribution in [0.15, 0.2) is 12.1 Å². The van der Waals surface area contributed by atoms with Crippen molar-refractivity contribution in [2.24, 2.45) is 29.6 Å². The number of rotatable bonds is 6. The first-order chi connectivity index (χ1) is 18.7. The van der Waals surface area contributed by atoms with E-state index in [4.69, 9.17) is 19.5 Å². The molecule has 1 aromatic carbocycles. The molecule has 4 fully saturated rings. The van der Waals surface area contributed by atoms with Crippen LogP contribution in [0.4, 0.5) is 17.6 Å². The van der Waals surface area contributed by atoms with Crippen molar-refractivity contribution in [2.75, 3.05) is 13.2 Å². The zero-order valence-corrected chi connectivity index (χ0v) is 22.9. The van der Waals surface area contributed by atoms with E-state index in [1.165, 1.54) is 18.2 Å². The van der Waals surface area contributed by atoms with Crippen LogP contribution in [0.5, 0.6) is 0 Å². The SMILES string of the molecule is CC1COC(C2CCC(C3CCC(C(F)(F)OC4CCC(c5cc(F)c(C#N)c(F)c5)CC4)CC3)CC2)OC1. The Hall–Kier alpha value is -1.69. The molecule has 8 heteroatoms. The summed E-state index contributed by atoms with van der Waals surface area (Å²) in [5, 5.41) is 8.87. The van der Waals surface area contributed by atoms with Gasteiger partial charge in [-0.25, -0.2) is 8.78 Å². The summed E-state index contributed by atoms with van der Waals surface area (Å²) < 4.78 is 75.6. The highest BCUT2D eigenvalue weighted by molar-refractivity contribution is 5.36. The van der Waals surface area contributed by atoms with Crippen LogP contribution in [-0.2, 0) is 14.2 Å². The van der Waals surface area contributed by atoms with Gasteiger partial charge < -0.3 is 14.2 Å². The molecule has 0 unspecified atom stereocenters. The molecule has 4 aliphatic rings. The van der Waals surface area contributed by atoms with Crippen molar-refractivity contribution in [2.45, 2.75) is 108 Å².